The van der Waals surface area contributed by atoms with Crippen LogP contribution in [0.2, 0.25) is 0 Å². The molecule has 0 radical (unpaired) electrons. The van der Waals surface area contributed by atoms with Crippen LogP contribution in [-0.4, -0.2) is 93.4 Å². The van der Waals surface area contributed by atoms with Crippen LogP contribution in [0.15, 0.2) is 17.4 Å². The first-order valence-electron chi connectivity index (χ1n) is 17.4. The molecule has 1 spiro atoms. The Morgan fingerprint density at radius 3 is 2.90 bits per heavy atom. The quantitative estimate of drug-likeness (QED) is 0.339. The minimum atomic E-state index is -0.840. The summed E-state index contributed by atoms with van der Waals surface area (Å²) in [5, 5.41) is 8.96. The molecule has 2 aliphatic carbocycles. The van der Waals surface area contributed by atoms with Gasteiger partial charge >= 0.3 is 12.2 Å². The van der Waals surface area contributed by atoms with Crippen molar-refractivity contribution in [3.8, 4) is 6.01 Å². The number of H-pyrrole nitrogens is 1. The molecule has 0 aromatic carbocycles. The highest BCUT2D eigenvalue weighted by molar-refractivity contribution is 6.32. The van der Waals surface area contributed by atoms with E-state index in [0.717, 1.165) is 97.4 Å². The first-order valence-corrected chi connectivity index (χ1v) is 17.7. The summed E-state index contributed by atoms with van der Waals surface area (Å²) >= 11 is 7.03. The van der Waals surface area contributed by atoms with E-state index in [-0.39, 0.29) is 29.6 Å². The number of ether oxygens (including phenoxy) is 3. The number of pyridine rings is 1. The van der Waals surface area contributed by atoms with Crippen molar-refractivity contribution >= 4 is 40.6 Å². The van der Waals surface area contributed by atoms with Crippen LogP contribution in [0.5, 0.6) is 6.01 Å². The number of hydrogen-bond acceptors (Lipinski definition) is 10. The van der Waals surface area contributed by atoms with Gasteiger partial charge in [-0.05, 0) is 82.4 Å². The van der Waals surface area contributed by atoms with Gasteiger partial charge in [-0.15, -0.1) is 0 Å². The van der Waals surface area contributed by atoms with E-state index in [1.165, 1.54) is 0 Å². The number of alkyl halides is 1. The Bertz CT molecular complexity index is 1830. The Hall–Kier alpha value is -3.51. The fourth-order valence-corrected chi connectivity index (χ4v) is 10.5. The average molecular weight is 678 g/mol. The van der Waals surface area contributed by atoms with Crippen LogP contribution in [0.1, 0.15) is 80.8 Å². The average Bonchev–Trinajstić information content (AvgIpc) is 3.75. The monoisotopic (exact) mass is 677 g/mol. The molecule has 4 fully saturated rings. The fraction of sp³-hybridized carbons (Fsp3) is 0.629. The molecular formula is C35H41ClFN7O4. The molecular weight excluding hydrogens is 637 g/mol. The molecule has 9 heterocycles. The number of rotatable bonds is 3. The van der Waals surface area contributed by atoms with Crippen molar-refractivity contribution in [2.45, 2.75) is 88.4 Å². The molecule has 0 amide bonds. The summed E-state index contributed by atoms with van der Waals surface area (Å²) in [6, 6.07) is 0.305. The second kappa shape index (κ2) is 11.0. The van der Waals surface area contributed by atoms with Crippen molar-refractivity contribution in [1.82, 2.24) is 30.0 Å². The van der Waals surface area contributed by atoms with Crippen molar-refractivity contribution in [1.29, 1.82) is 0 Å². The van der Waals surface area contributed by atoms with Crippen molar-refractivity contribution in [2.75, 3.05) is 44.3 Å². The van der Waals surface area contributed by atoms with Crippen LogP contribution in [-0.2, 0) is 14.9 Å². The van der Waals surface area contributed by atoms with Gasteiger partial charge in [0.2, 0.25) is 0 Å². The van der Waals surface area contributed by atoms with Gasteiger partial charge in [-0.3, -0.25) is 15.0 Å². The smallest absolute Gasteiger partial charge is 0.461 e. The lowest BCUT2D eigenvalue weighted by molar-refractivity contribution is -0.0725. The highest BCUT2D eigenvalue weighted by atomic mass is 35.5. The topological polar surface area (TPSA) is 119 Å². The van der Waals surface area contributed by atoms with Gasteiger partial charge in [-0.1, -0.05) is 11.6 Å². The molecule has 3 aromatic heterocycles. The van der Waals surface area contributed by atoms with E-state index in [2.05, 4.69) is 33.8 Å². The molecule has 3 saturated heterocycles. The van der Waals surface area contributed by atoms with Crippen LogP contribution in [0.25, 0.3) is 17.0 Å². The molecule has 8 aliphatic rings. The number of anilines is 1. The van der Waals surface area contributed by atoms with E-state index in [4.69, 9.17) is 40.8 Å². The van der Waals surface area contributed by atoms with E-state index in [0.29, 0.717) is 37.0 Å². The second-order valence-corrected chi connectivity index (χ2v) is 15.7. The zero-order valence-electron chi connectivity index (χ0n) is 27.4. The molecule has 1 saturated carbocycles. The Labute approximate surface area is 283 Å². The third kappa shape index (κ3) is 4.64. The molecule has 6 aliphatic heterocycles. The van der Waals surface area contributed by atoms with Gasteiger partial charge in [-0.25, -0.2) is 9.18 Å². The molecule has 11 nitrogen and oxygen atoms in total. The number of nitrogens with zero attached hydrogens (tertiary/aromatic N) is 6. The van der Waals surface area contributed by atoms with Crippen LogP contribution < -0.4 is 9.64 Å². The van der Waals surface area contributed by atoms with Crippen molar-refractivity contribution in [3.05, 3.63) is 39.9 Å². The molecule has 254 valence electrons. The van der Waals surface area contributed by atoms with Crippen LogP contribution in [0.4, 0.5) is 15.0 Å². The molecule has 48 heavy (non-hydrogen) atoms. The second-order valence-electron chi connectivity index (χ2n) is 15.2. The van der Waals surface area contributed by atoms with Gasteiger partial charge < -0.3 is 19.1 Å². The van der Waals surface area contributed by atoms with Gasteiger partial charge in [0, 0.05) is 54.2 Å². The van der Waals surface area contributed by atoms with Gasteiger partial charge in [0.25, 0.3) is 0 Å². The summed E-state index contributed by atoms with van der Waals surface area (Å²) in [6.45, 7) is 7.66. The maximum absolute atomic E-state index is 14.6. The summed E-state index contributed by atoms with van der Waals surface area (Å²) in [4.78, 5) is 32.7. The van der Waals surface area contributed by atoms with Crippen molar-refractivity contribution in [2.24, 2.45) is 11.3 Å². The molecule has 7 bridgehead atoms. The number of nitrogens with one attached hydrogen (secondary N) is 1. The minimum Gasteiger partial charge on any atom is -0.461 e. The largest absolute Gasteiger partial charge is 0.508 e. The van der Waals surface area contributed by atoms with Crippen LogP contribution in [0.3, 0.4) is 0 Å². The van der Waals surface area contributed by atoms with Gasteiger partial charge in [0.1, 0.15) is 24.7 Å². The number of carbonyl (C=O) groups excluding carboxylic acids is 1. The van der Waals surface area contributed by atoms with Gasteiger partial charge in [0.15, 0.2) is 0 Å². The Morgan fingerprint density at radius 2 is 2.02 bits per heavy atom. The SMILES string of the molecule is Cc1c2ncc3c(nc(OC[C@@]45CCCN4C[C@H](F)C5)nc13)N1CCCC3(CC(C3)OC(=O)OCCC3C(Cl)=Cc4[nH]ncc4C23C)C1. The predicted octanol–water partition coefficient (Wildman–Crippen LogP) is 5.83. The lowest BCUT2D eigenvalue weighted by atomic mass is 9.62. The number of fused-ring (bicyclic) bond motifs is 2. The fourth-order valence-electron chi connectivity index (χ4n) is 10.0. The number of aryl methyl sites for hydroxylation is 1. The Kier molecular flexibility index (Phi) is 7.00. The maximum Gasteiger partial charge on any atom is 0.508 e. The Morgan fingerprint density at radius 1 is 1.17 bits per heavy atom. The number of allylic oxidation sites excluding steroid dienone is 1. The Balaban J connectivity index is 1.19. The van der Waals surface area contributed by atoms with E-state index in [9.17, 15) is 9.18 Å². The van der Waals surface area contributed by atoms with E-state index in [1.54, 1.807) is 0 Å². The third-order valence-corrected chi connectivity index (χ3v) is 12.7. The number of hydrogen-bond donors (Lipinski definition) is 1. The normalized spacial score (nSPS) is 34.5. The number of piperidine rings is 1. The molecule has 13 heteroatoms. The number of carbonyl (C=O) groups is 1. The first kappa shape index (κ1) is 30.5. The number of halogens is 2. The highest BCUT2D eigenvalue weighted by Gasteiger charge is 2.51. The molecule has 3 aromatic rings. The lowest BCUT2D eigenvalue weighted by Crippen LogP contribution is -2.53. The zero-order valence-corrected chi connectivity index (χ0v) is 28.2. The van der Waals surface area contributed by atoms with Gasteiger partial charge in [0.05, 0.1) is 40.6 Å². The standard InChI is InChI=1S/C35H41ClFN7O4/c1-20-28-23-15-38-29(20)33(2)24(26(36)11-27-25(33)16-39-42-27)5-10-46-32(45)48-22-13-34(14-22)6-3-8-43(18-34)30(23)41-31(40-28)47-19-35-7-4-9-44(35)17-21(37)12-35/h11,15-16,21-22,24H,3-10,12-14,17-19H2,1-2H3,(H,39,42)/t21-,22?,24?,33?,34?,35+/m1/s1. The zero-order chi connectivity index (χ0) is 32.8. The van der Waals surface area contributed by atoms with E-state index >= 15 is 0 Å². The van der Waals surface area contributed by atoms with Crippen LogP contribution in [0, 0.1) is 18.3 Å². The number of aromatic nitrogens is 5. The molecule has 4 atom stereocenters. The highest BCUT2D eigenvalue weighted by Crippen LogP contribution is 2.53. The van der Waals surface area contributed by atoms with E-state index < -0.39 is 17.7 Å². The van der Waals surface area contributed by atoms with Gasteiger partial charge in [-0.2, -0.15) is 15.1 Å². The third-order valence-electron chi connectivity index (χ3n) is 12.4. The number of aromatic amines is 1. The van der Waals surface area contributed by atoms with Crippen molar-refractivity contribution in [3.63, 3.8) is 0 Å². The lowest BCUT2D eigenvalue weighted by Gasteiger charge is -2.52. The summed E-state index contributed by atoms with van der Waals surface area (Å²) in [5.74, 6) is 0.541. The molecule has 11 rings (SSSR count). The van der Waals surface area contributed by atoms with Crippen molar-refractivity contribution < 1.29 is 23.4 Å². The van der Waals surface area contributed by atoms with Crippen LogP contribution >= 0.6 is 11.6 Å². The summed E-state index contributed by atoms with van der Waals surface area (Å²) < 4.78 is 32.6. The summed E-state index contributed by atoms with van der Waals surface area (Å²) in [6.07, 6.45) is 10.5. The molecule has 2 unspecified atom stereocenters. The summed E-state index contributed by atoms with van der Waals surface area (Å²) in [5.41, 5.74) is 3.25. The maximum atomic E-state index is 14.6. The molecule has 1 N–H and O–H groups in total. The minimum absolute atomic E-state index is 0.0274. The van der Waals surface area contributed by atoms with E-state index in [1.807, 2.05) is 18.5 Å². The summed E-state index contributed by atoms with van der Waals surface area (Å²) in [7, 11) is 0. The predicted molar refractivity (Wildman–Crippen MR) is 177 cm³/mol. The first-order chi connectivity index (χ1) is 23.2.